The fraction of sp³-hybridized carbons (Fsp3) is 0.125. The number of carbonyl (C=O) groups is 3. The van der Waals surface area contributed by atoms with E-state index in [1.807, 2.05) is 42.5 Å². The van der Waals surface area contributed by atoms with E-state index in [-0.39, 0.29) is 30.7 Å². The molecule has 4 rings (SSSR count). The van der Waals surface area contributed by atoms with Gasteiger partial charge in [0.1, 0.15) is 5.75 Å². The highest BCUT2D eigenvalue weighted by Crippen LogP contribution is 2.34. The molecular formula is C24H19IN2O4S. The second kappa shape index (κ2) is 10.2. The van der Waals surface area contributed by atoms with Crippen molar-refractivity contribution >= 4 is 63.4 Å². The van der Waals surface area contributed by atoms with Gasteiger partial charge in [0.2, 0.25) is 11.8 Å². The van der Waals surface area contributed by atoms with E-state index in [4.69, 9.17) is 4.74 Å². The SMILES string of the molecule is O=C(COc1ccccc1)Nc1ccc(SC2CC(=O)N(c3ccc(I)cc3)C2=O)cc1. The van der Waals surface area contributed by atoms with E-state index >= 15 is 0 Å². The standard InChI is InChI=1S/C24H19IN2O4S/c25-16-6-10-18(11-7-16)27-23(29)14-21(24(27)30)32-20-12-8-17(9-13-20)26-22(28)15-31-19-4-2-1-3-5-19/h1-13,21H,14-15H2,(H,26,28). The molecule has 1 atom stereocenters. The molecule has 0 radical (unpaired) electrons. The molecule has 1 fully saturated rings. The molecule has 0 saturated carbocycles. The molecule has 1 unspecified atom stereocenters. The predicted octanol–water partition coefficient (Wildman–Crippen LogP) is 4.73. The van der Waals surface area contributed by atoms with E-state index in [9.17, 15) is 14.4 Å². The second-order valence-electron chi connectivity index (χ2n) is 7.03. The van der Waals surface area contributed by atoms with Gasteiger partial charge in [-0.1, -0.05) is 18.2 Å². The minimum atomic E-state index is -0.471. The van der Waals surface area contributed by atoms with Crippen LogP contribution in [0.3, 0.4) is 0 Å². The molecule has 0 aliphatic carbocycles. The molecule has 0 spiro atoms. The molecule has 0 bridgehead atoms. The molecule has 162 valence electrons. The fourth-order valence-electron chi connectivity index (χ4n) is 3.20. The van der Waals surface area contributed by atoms with Crippen molar-refractivity contribution in [3.63, 3.8) is 0 Å². The van der Waals surface area contributed by atoms with Crippen molar-refractivity contribution in [2.24, 2.45) is 0 Å². The van der Waals surface area contributed by atoms with Gasteiger partial charge in [0.05, 0.1) is 10.9 Å². The zero-order chi connectivity index (χ0) is 22.5. The van der Waals surface area contributed by atoms with Crippen LogP contribution < -0.4 is 15.0 Å². The van der Waals surface area contributed by atoms with Crippen LogP contribution in [0.4, 0.5) is 11.4 Å². The number of anilines is 2. The third-order valence-corrected chi connectivity index (χ3v) is 6.64. The topological polar surface area (TPSA) is 75.7 Å². The van der Waals surface area contributed by atoms with Crippen LogP contribution >= 0.6 is 34.4 Å². The first-order valence-electron chi connectivity index (χ1n) is 9.86. The smallest absolute Gasteiger partial charge is 0.262 e. The lowest BCUT2D eigenvalue weighted by Gasteiger charge is -2.15. The molecular weight excluding hydrogens is 539 g/mol. The fourth-order valence-corrected chi connectivity index (χ4v) is 4.61. The summed E-state index contributed by atoms with van der Waals surface area (Å²) in [5.41, 5.74) is 1.23. The van der Waals surface area contributed by atoms with Gasteiger partial charge >= 0.3 is 0 Å². The molecule has 6 nitrogen and oxygen atoms in total. The lowest BCUT2D eigenvalue weighted by Crippen LogP contribution is -2.31. The third kappa shape index (κ3) is 5.49. The number of para-hydroxylation sites is 1. The van der Waals surface area contributed by atoms with Crippen molar-refractivity contribution < 1.29 is 19.1 Å². The lowest BCUT2D eigenvalue weighted by molar-refractivity contribution is -0.121. The first-order chi connectivity index (χ1) is 15.5. The zero-order valence-corrected chi connectivity index (χ0v) is 19.8. The van der Waals surface area contributed by atoms with E-state index in [0.29, 0.717) is 17.1 Å². The van der Waals surface area contributed by atoms with Crippen molar-refractivity contribution in [1.29, 1.82) is 0 Å². The molecule has 32 heavy (non-hydrogen) atoms. The first-order valence-corrected chi connectivity index (χ1v) is 11.8. The zero-order valence-electron chi connectivity index (χ0n) is 16.9. The number of imide groups is 1. The summed E-state index contributed by atoms with van der Waals surface area (Å²) in [5, 5.41) is 2.31. The number of hydrogen-bond acceptors (Lipinski definition) is 5. The van der Waals surface area contributed by atoms with E-state index in [0.717, 1.165) is 8.47 Å². The van der Waals surface area contributed by atoms with Crippen molar-refractivity contribution in [3.05, 3.63) is 82.4 Å². The molecule has 1 aliphatic rings. The van der Waals surface area contributed by atoms with Gasteiger partial charge < -0.3 is 10.1 Å². The van der Waals surface area contributed by atoms with Gasteiger partial charge in [0.15, 0.2) is 6.61 Å². The Morgan fingerprint density at radius 1 is 1.00 bits per heavy atom. The van der Waals surface area contributed by atoms with E-state index < -0.39 is 5.25 Å². The third-order valence-electron chi connectivity index (χ3n) is 4.72. The maximum absolute atomic E-state index is 12.8. The van der Waals surface area contributed by atoms with Crippen molar-refractivity contribution in [1.82, 2.24) is 0 Å². The van der Waals surface area contributed by atoms with Crippen LogP contribution in [0.5, 0.6) is 5.75 Å². The Morgan fingerprint density at radius 2 is 1.69 bits per heavy atom. The van der Waals surface area contributed by atoms with Gasteiger partial charge in [0.25, 0.3) is 5.91 Å². The minimum Gasteiger partial charge on any atom is -0.484 e. The number of carbonyl (C=O) groups excluding carboxylic acids is 3. The normalized spacial score (nSPS) is 15.7. The molecule has 1 N–H and O–H groups in total. The number of nitrogens with one attached hydrogen (secondary N) is 1. The van der Waals surface area contributed by atoms with Crippen LogP contribution in [0.1, 0.15) is 6.42 Å². The van der Waals surface area contributed by atoms with Crippen LogP contribution in [-0.2, 0) is 14.4 Å². The Labute approximate surface area is 203 Å². The van der Waals surface area contributed by atoms with Crippen LogP contribution in [0, 0.1) is 3.57 Å². The molecule has 1 heterocycles. The second-order valence-corrected chi connectivity index (χ2v) is 9.55. The summed E-state index contributed by atoms with van der Waals surface area (Å²) in [6.07, 6.45) is 0.158. The summed E-state index contributed by atoms with van der Waals surface area (Å²) >= 11 is 3.53. The molecule has 1 saturated heterocycles. The summed E-state index contributed by atoms with van der Waals surface area (Å²) in [6.45, 7) is -0.0897. The van der Waals surface area contributed by atoms with Crippen LogP contribution in [0.15, 0.2) is 83.8 Å². The average Bonchev–Trinajstić information content (AvgIpc) is 3.08. The first kappa shape index (κ1) is 22.3. The summed E-state index contributed by atoms with van der Waals surface area (Å²) in [7, 11) is 0. The van der Waals surface area contributed by atoms with E-state index in [2.05, 4.69) is 27.9 Å². The average molecular weight is 558 g/mol. The lowest BCUT2D eigenvalue weighted by atomic mass is 10.3. The Balaban J connectivity index is 1.32. The predicted molar refractivity (Wildman–Crippen MR) is 133 cm³/mol. The minimum absolute atomic E-state index is 0.0897. The van der Waals surface area contributed by atoms with Crippen LogP contribution in [-0.4, -0.2) is 29.6 Å². The Bertz CT molecular complexity index is 1120. The van der Waals surface area contributed by atoms with E-state index in [1.54, 1.807) is 36.4 Å². The summed E-state index contributed by atoms with van der Waals surface area (Å²) in [6, 6.07) is 23.6. The molecule has 3 aromatic carbocycles. The number of halogens is 1. The highest BCUT2D eigenvalue weighted by atomic mass is 127. The maximum atomic E-state index is 12.8. The van der Waals surface area contributed by atoms with Gasteiger partial charge in [-0.05, 0) is 83.3 Å². The summed E-state index contributed by atoms with van der Waals surface area (Å²) in [5.74, 6) is -0.0453. The molecule has 0 aromatic heterocycles. The number of hydrogen-bond donors (Lipinski definition) is 1. The molecule has 1 aliphatic heterocycles. The number of benzene rings is 3. The van der Waals surface area contributed by atoms with Gasteiger partial charge in [-0.25, -0.2) is 4.90 Å². The Hall–Kier alpha value is -2.85. The molecule has 3 amide bonds. The summed E-state index contributed by atoms with van der Waals surface area (Å²) < 4.78 is 6.47. The highest BCUT2D eigenvalue weighted by Gasteiger charge is 2.40. The molecule has 3 aromatic rings. The van der Waals surface area contributed by atoms with Crippen molar-refractivity contribution in [3.8, 4) is 5.75 Å². The van der Waals surface area contributed by atoms with Gasteiger partial charge in [-0.3, -0.25) is 14.4 Å². The summed E-state index contributed by atoms with van der Waals surface area (Å²) in [4.78, 5) is 39.5. The van der Waals surface area contributed by atoms with Gasteiger partial charge in [-0.15, -0.1) is 11.8 Å². The Morgan fingerprint density at radius 3 is 2.38 bits per heavy atom. The quantitative estimate of drug-likeness (QED) is 0.335. The van der Waals surface area contributed by atoms with Gasteiger partial charge in [0, 0.05) is 20.6 Å². The van der Waals surface area contributed by atoms with Crippen molar-refractivity contribution in [2.75, 3.05) is 16.8 Å². The highest BCUT2D eigenvalue weighted by molar-refractivity contribution is 14.1. The number of rotatable bonds is 7. The van der Waals surface area contributed by atoms with Crippen LogP contribution in [0.25, 0.3) is 0 Å². The molecule has 8 heteroatoms. The van der Waals surface area contributed by atoms with Crippen molar-refractivity contribution in [2.45, 2.75) is 16.6 Å². The number of amides is 3. The number of ether oxygens (including phenoxy) is 1. The van der Waals surface area contributed by atoms with Gasteiger partial charge in [-0.2, -0.15) is 0 Å². The maximum Gasteiger partial charge on any atom is 0.262 e. The van der Waals surface area contributed by atoms with E-state index in [1.165, 1.54) is 16.7 Å². The Kier molecular flexibility index (Phi) is 7.11. The largest absolute Gasteiger partial charge is 0.484 e. The van der Waals surface area contributed by atoms with Crippen LogP contribution in [0.2, 0.25) is 0 Å². The number of nitrogens with zero attached hydrogens (tertiary/aromatic N) is 1. The number of thioether (sulfide) groups is 1. The monoisotopic (exact) mass is 558 g/mol.